The molecule has 3 nitrogen and oxygen atoms in total. The zero-order valence-electron chi connectivity index (χ0n) is 9.63. The first-order valence-electron chi connectivity index (χ1n) is 4.97. The van der Waals surface area contributed by atoms with Crippen molar-refractivity contribution in [3.63, 3.8) is 0 Å². The molecule has 1 unspecified atom stereocenters. The summed E-state index contributed by atoms with van der Waals surface area (Å²) >= 11 is 17.6. The molecule has 1 atom stereocenters. The van der Waals surface area contributed by atoms with E-state index in [0.717, 1.165) is 0 Å². The summed E-state index contributed by atoms with van der Waals surface area (Å²) in [6.45, 7) is 4.89. The van der Waals surface area contributed by atoms with E-state index >= 15 is 0 Å². The molecule has 0 N–H and O–H groups in total. The number of halogens is 3. The maximum absolute atomic E-state index is 11.0. The van der Waals surface area contributed by atoms with Gasteiger partial charge in [0.15, 0.2) is 0 Å². The Hall–Kier alpha value is -0.510. The van der Waals surface area contributed by atoms with Crippen LogP contribution in [0.25, 0.3) is 0 Å². The second-order valence-electron chi connectivity index (χ2n) is 4.43. The van der Waals surface area contributed by atoms with Crippen molar-refractivity contribution in [2.45, 2.75) is 32.2 Å². The maximum atomic E-state index is 11.0. The lowest BCUT2D eigenvalue weighted by Crippen LogP contribution is -2.36. The van der Waals surface area contributed by atoms with Crippen LogP contribution in [-0.2, 0) is 0 Å². The van der Waals surface area contributed by atoms with Gasteiger partial charge in [0, 0.05) is 18.8 Å². The quantitative estimate of drug-likeness (QED) is 0.456. The van der Waals surface area contributed by atoms with Crippen molar-refractivity contribution in [3.05, 3.63) is 42.9 Å². The lowest BCUT2D eigenvalue weighted by Gasteiger charge is -2.24. The molecular formula is C11H12Cl3NO2. The highest BCUT2D eigenvalue weighted by Crippen LogP contribution is 2.37. The van der Waals surface area contributed by atoms with Crippen molar-refractivity contribution >= 4 is 34.8 Å². The van der Waals surface area contributed by atoms with Gasteiger partial charge in [0.05, 0.1) is 21.0 Å². The molecule has 0 aliphatic rings. The van der Waals surface area contributed by atoms with Crippen LogP contribution < -0.4 is 0 Å². The normalized spacial score (nSPS) is 13.5. The summed E-state index contributed by atoms with van der Waals surface area (Å²) in [5, 5.41) is 11.9. The van der Waals surface area contributed by atoms with Crippen LogP contribution in [0.4, 0.5) is 0 Å². The third-order valence-corrected chi connectivity index (χ3v) is 4.23. The Labute approximate surface area is 115 Å². The van der Waals surface area contributed by atoms with E-state index in [-0.39, 0.29) is 15.9 Å². The molecule has 94 valence electrons. The number of benzene rings is 1. The molecule has 6 heteroatoms. The SMILES string of the molecule is CC(c1cc(Cl)c(Cl)c(Cl)c1)C(C)(C)[N+](=O)[O-]. The van der Waals surface area contributed by atoms with Crippen molar-refractivity contribution in [3.8, 4) is 0 Å². The van der Waals surface area contributed by atoms with Crippen molar-refractivity contribution in [1.82, 2.24) is 0 Å². The predicted octanol–water partition coefficient (Wildman–Crippen LogP) is 4.81. The highest BCUT2D eigenvalue weighted by molar-refractivity contribution is 6.48. The Bertz CT molecular complexity index is 437. The van der Waals surface area contributed by atoms with E-state index < -0.39 is 5.54 Å². The van der Waals surface area contributed by atoms with Gasteiger partial charge in [-0.2, -0.15) is 0 Å². The Morgan fingerprint density at radius 1 is 1.24 bits per heavy atom. The maximum Gasteiger partial charge on any atom is 0.223 e. The highest BCUT2D eigenvalue weighted by atomic mass is 35.5. The van der Waals surface area contributed by atoms with Gasteiger partial charge in [0.2, 0.25) is 5.54 Å². The van der Waals surface area contributed by atoms with Gasteiger partial charge in [-0.15, -0.1) is 0 Å². The average molecular weight is 297 g/mol. The molecule has 0 heterocycles. The molecular weight excluding hydrogens is 284 g/mol. The van der Waals surface area contributed by atoms with Gasteiger partial charge in [0.25, 0.3) is 0 Å². The van der Waals surface area contributed by atoms with Crippen LogP contribution in [0.3, 0.4) is 0 Å². The van der Waals surface area contributed by atoms with Gasteiger partial charge >= 0.3 is 0 Å². The van der Waals surface area contributed by atoms with Crippen LogP contribution in [-0.4, -0.2) is 10.5 Å². The zero-order chi connectivity index (χ0) is 13.4. The molecule has 1 aromatic carbocycles. The summed E-state index contributed by atoms with van der Waals surface area (Å²) in [5.41, 5.74) is -0.397. The van der Waals surface area contributed by atoms with Crippen molar-refractivity contribution < 1.29 is 4.92 Å². The minimum atomic E-state index is -1.10. The molecule has 0 amide bonds. The molecule has 0 aliphatic heterocycles. The van der Waals surface area contributed by atoms with E-state index in [2.05, 4.69) is 0 Å². The zero-order valence-corrected chi connectivity index (χ0v) is 11.9. The molecule has 17 heavy (non-hydrogen) atoms. The van der Waals surface area contributed by atoms with Crippen molar-refractivity contribution in [2.24, 2.45) is 0 Å². The van der Waals surface area contributed by atoms with E-state index in [1.165, 1.54) is 0 Å². The van der Waals surface area contributed by atoms with E-state index in [4.69, 9.17) is 34.8 Å². The summed E-state index contributed by atoms with van der Waals surface area (Å²) in [6, 6.07) is 3.23. The Kier molecular flexibility index (Phi) is 4.28. The van der Waals surface area contributed by atoms with Crippen molar-refractivity contribution in [1.29, 1.82) is 0 Å². The first kappa shape index (κ1) is 14.6. The summed E-state index contributed by atoms with van der Waals surface area (Å²) in [7, 11) is 0. The number of hydrogen-bond donors (Lipinski definition) is 0. The first-order valence-corrected chi connectivity index (χ1v) is 6.10. The largest absolute Gasteiger partial charge is 0.264 e. The van der Waals surface area contributed by atoms with Gasteiger partial charge in [0.1, 0.15) is 0 Å². The summed E-state index contributed by atoms with van der Waals surface area (Å²) in [5.74, 6) is -0.329. The lowest BCUT2D eigenvalue weighted by molar-refractivity contribution is -0.564. The van der Waals surface area contributed by atoms with Crippen LogP contribution in [0, 0.1) is 10.1 Å². The summed E-state index contributed by atoms with van der Waals surface area (Å²) in [4.78, 5) is 10.7. The van der Waals surface area contributed by atoms with Crippen LogP contribution in [0.2, 0.25) is 15.1 Å². The lowest BCUT2D eigenvalue weighted by atomic mass is 9.84. The van der Waals surface area contributed by atoms with Crippen molar-refractivity contribution in [2.75, 3.05) is 0 Å². The standard InChI is InChI=1S/C11H12Cl3NO2/c1-6(11(2,3)15(16)17)7-4-8(12)10(14)9(13)5-7/h4-6H,1-3H3. The summed E-state index contributed by atoms with van der Waals surface area (Å²) < 4.78 is 0. The summed E-state index contributed by atoms with van der Waals surface area (Å²) in [6.07, 6.45) is 0. The fourth-order valence-corrected chi connectivity index (χ4v) is 2.00. The third kappa shape index (κ3) is 2.84. The molecule has 0 saturated heterocycles. The first-order chi connectivity index (χ1) is 7.67. The molecule has 0 aromatic heterocycles. The minimum absolute atomic E-state index is 0.267. The van der Waals surface area contributed by atoms with Gasteiger partial charge in [-0.25, -0.2) is 0 Å². The third-order valence-electron chi connectivity index (χ3n) is 3.04. The van der Waals surface area contributed by atoms with Crippen LogP contribution in [0.1, 0.15) is 32.3 Å². The van der Waals surface area contributed by atoms with Gasteiger partial charge in [-0.1, -0.05) is 41.7 Å². The van der Waals surface area contributed by atoms with E-state index in [1.807, 2.05) is 0 Å². The molecule has 1 aromatic rings. The number of hydrogen-bond acceptors (Lipinski definition) is 2. The number of nitrogens with zero attached hydrogens (tertiary/aromatic N) is 1. The van der Waals surface area contributed by atoms with E-state index in [0.29, 0.717) is 15.6 Å². The van der Waals surface area contributed by atoms with Gasteiger partial charge in [-0.05, 0) is 17.7 Å². The second-order valence-corrected chi connectivity index (χ2v) is 5.62. The highest BCUT2D eigenvalue weighted by Gasteiger charge is 2.39. The monoisotopic (exact) mass is 295 g/mol. The average Bonchev–Trinajstić information content (AvgIpc) is 2.23. The minimum Gasteiger partial charge on any atom is -0.264 e. The molecule has 1 rings (SSSR count). The van der Waals surface area contributed by atoms with Crippen LogP contribution in [0.5, 0.6) is 0 Å². The van der Waals surface area contributed by atoms with Crippen LogP contribution >= 0.6 is 34.8 Å². The van der Waals surface area contributed by atoms with E-state index in [1.54, 1.807) is 32.9 Å². The second kappa shape index (κ2) is 5.01. The molecule has 0 spiro atoms. The fourth-order valence-electron chi connectivity index (χ4n) is 1.39. The topological polar surface area (TPSA) is 43.1 Å². The number of nitro groups is 1. The van der Waals surface area contributed by atoms with E-state index in [9.17, 15) is 10.1 Å². The number of rotatable bonds is 3. The molecule has 0 fully saturated rings. The molecule has 0 saturated carbocycles. The Morgan fingerprint density at radius 2 is 1.65 bits per heavy atom. The Balaban J connectivity index is 3.22. The predicted molar refractivity (Wildman–Crippen MR) is 71.0 cm³/mol. The molecule has 0 bridgehead atoms. The van der Waals surface area contributed by atoms with Crippen LogP contribution in [0.15, 0.2) is 12.1 Å². The molecule has 0 radical (unpaired) electrons. The van der Waals surface area contributed by atoms with Gasteiger partial charge < -0.3 is 0 Å². The Morgan fingerprint density at radius 3 is 2.00 bits per heavy atom. The van der Waals surface area contributed by atoms with Gasteiger partial charge in [-0.3, -0.25) is 10.1 Å². The smallest absolute Gasteiger partial charge is 0.223 e. The molecule has 0 aliphatic carbocycles. The fraction of sp³-hybridized carbons (Fsp3) is 0.455.